The van der Waals surface area contributed by atoms with E-state index in [0.29, 0.717) is 36.2 Å². The van der Waals surface area contributed by atoms with Crippen LogP contribution in [-0.2, 0) is 21.4 Å². The summed E-state index contributed by atoms with van der Waals surface area (Å²) in [5, 5.41) is 4.03. The Labute approximate surface area is 274 Å². The number of unbranched alkanes of at least 4 members (excludes halogenated alkanes) is 2. The largest absolute Gasteiger partial charge is 0.487 e. The summed E-state index contributed by atoms with van der Waals surface area (Å²) in [6, 6.07) is 9.67. The van der Waals surface area contributed by atoms with E-state index >= 15 is 0 Å². The molecular weight excluding hydrogens is 635 g/mol. The lowest BCUT2D eigenvalue weighted by molar-refractivity contribution is -0.124. The minimum atomic E-state index is -4.11. The van der Waals surface area contributed by atoms with Gasteiger partial charge in [0.25, 0.3) is 0 Å². The van der Waals surface area contributed by atoms with Crippen LogP contribution in [0.15, 0.2) is 60.0 Å². The molecule has 2 aromatic carbocycles. The molecule has 3 heterocycles. The Bertz CT molecular complexity index is 1770. The Hall–Kier alpha value is -3.22. The van der Waals surface area contributed by atoms with Crippen LogP contribution in [0.3, 0.4) is 0 Å². The first-order chi connectivity index (χ1) is 21.6. The standard InChI is InChI=1S/C32H38Cl2N6O4S/c1-22-19-27(39-18-15-35-21-39)23-9-7-11-28(31(23)37-22)44-20-24-25(33)12-13-29(30(24)34)45(42,43)40-17-8-10-26(40)32(41)36-14-5-4-6-16-38(2)3/h7,9,11-13,15,18-19,21,26H,4-6,8,10,14,16-17,20H2,1-3H3,(H,36,41). The normalized spacial score (nSPS) is 15.6. The number of halogens is 2. The maximum atomic E-state index is 13.9. The van der Waals surface area contributed by atoms with Crippen LogP contribution in [0.5, 0.6) is 5.75 Å². The minimum Gasteiger partial charge on any atom is -0.487 e. The highest BCUT2D eigenvalue weighted by atomic mass is 35.5. The van der Waals surface area contributed by atoms with Gasteiger partial charge in [-0.2, -0.15) is 4.31 Å². The van der Waals surface area contributed by atoms with Gasteiger partial charge in [0, 0.05) is 47.1 Å². The number of carbonyl (C=O) groups excluding carboxylic acids is 1. The summed E-state index contributed by atoms with van der Waals surface area (Å²) in [7, 11) is -0.0459. The molecule has 1 atom stereocenters. The summed E-state index contributed by atoms with van der Waals surface area (Å²) in [6.07, 6.45) is 9.16. The molecule has 1 amide bonds. The van der Waals surface area contributed by atoms with E-state index in [1.165, 1.54) is 16.4 Å². The fourth-order valence-corrected chi connectivity index (χ4v) is 8.11. The van der Waals surface area contributed by atoms with E-state index in [9.17, 15) is 13.2 Å². The number of nitrogens with one attached hydrogen (secondary N) is 1. The molecule has 1 N–H and O–H groups in total. The van der Waals surface area contributed by atoms with Crippen LogP contribution in [-0.4, -0.2) is 77.8 Å². The van der Waals surface area contributed by atoms with Crippen LogP contribution >= 0.6 is 23.2 Å². The van der Waals surface area contributed by atoms with Crippen LogP contribution in [0.4, 0.5) is 0 Å². The number of hydrogen-bond donors (Lipinski definition) is 1. The van der Waals surface area contributed by atoms with Crippen molar-refractivity contribution < 1.29 is 17.9 Å². The van der Waals surface area contributed by atoms with Gasteiger partial charge in [0.1, 0.15) is 28.8 Å². The number of ether oxygens (including phenoxy) is 1. The zero-order valence-electron chi connectivity index (χ0n) is 25.7. The van der Waals surface area contributed by atoms with Crippen molar-refractivity contribution in [1.29, 1.82) is 0 Å². The van der Waals surface area contributed by atoms with Crippen molar-refractivity contribution in [3.8, 4) is 11.4 Å². The van der Waals surface area contributed by atoms with Gasteiger partial charge < -0.3 is 19.5 Å². The molecule has 13 heteroatoms. The SMILES string of the molecule is Cc1cc(-n2ccnc2)c2cccc(OCc3c(Cl)ccc(S(=O)(=O)N4CCCC4C(=O)NCCCCCN(C)C)c3Cl)c2n1. The monoisotopic (exact) mass is 672 g/mol. The first kappa shape index (κ1) is 33.2. The van der Waals surface area contributed by atoms with E-state index in [0.717, 1.165) is 42.6 Å². The van der Waals surface area contributed by atoms with Crippen molar-refractivity contribution in [1.82, 2.24) is 29.1 Å². The molecule has 1 saturated heterocycles. The van der Waals surface area contributed by atoms with E-state index < -0.39 is 16.1 Å². The molecule has 5 rings (SSSR count). The summed E-state index contributed by atoms with van der Waals surface area (Å²) < 4.78 is 37.2. The molecule has 0 spiro atoms. The average molecular weight is 674 g/mol. The molecule has 0 aliphatic carbocycles. The second-order valence-electron chi connectivity index (χ2n) is 11.5. The Kier molecular flexibility index (Phi) is 10.7. The minimum absolute atomic E-state index is 0.0297. The van der Waals surface area contributed by atoms with Crippen molar-refractivity contribution in [2.24, 2.45) is 0 Å². The summed E-state index contributed by atoms with van der Waals surface area (Å²) >= 11 is 13.3. The molecule has 10 nitrogen and oxygen atoms in total. The third-order valence-corrected chi connectivity index (χ3v) is 10.7. The van der Waals surface area contributed by atoms with E-state index in [1.54, 1.807) is 18.6 Å². The number of hydrogen-bond acceptors (Lipinski definition) is 7. The van der Waals surface area contributed by atoms with E-state index in [1.807, 2.05) is 50.0 Å². The average Bonchev–Trinajstić information content (AvgIpc) is 3.72. The molecule has 1 unspecified atom stereocenters. The molecule has 45 heavy (non-hydrogen) atoms. The lowest BCUT2D eigenvalue weighted by Crippen LogP contribution is -2.46. The number of amides is 1. The number of sulfonamides is 1. The van der Waals surface area contributed by atoms with Gasteiger partial charge in [-0.3, -0.25) is 4.79 Å². The van der Waals surface area contributed by atoms with Crippen molar-refractivity contribution >= 4 is 50.0 Å². The van der Waals surface area contributed by atoms with Crippen molar-refractivity contribution in [2.75, 3.05) is 33.7 Å². The molecule has 2 aromatic heterocycles. The highest BCUT2D eigenvalue weighted by Gasteiger charge is 2.40. The maximum Gasteiger partial charge on any atom is 0.245 e. The van der Waals surface area contributed by atoms with E-state index in [-0.39, 0.29) is 34.0 Å². The summed E-state index contributed by atoms with van der Waals surface area (Å²) in [5.41, 5.74) is 2.66. The highest BCUT2D eigenvalue weighted by molar-refractivity contribution is 7.89. The maximum absolute atomic E-state index is 13.9. The quantitative estimate of drug-likeness (QED) is 0.184. The fraction of sp³-hybridized carbons (Fsp3) is 0.406. The second kappa shape index (κ2) is 14.5. The molecule has 0 saturated carbocycles. The molecule has 4 aromatic rings. The zero-order valence-corrected chi connectivity index (χ0v) is 28.0. The number of carbonyl (C=O) groups is 1. The van der Waals surface area contributed by atoms with Gasteiger partial charge in [0.15, 0.2) is 0 Å². The van der Waals surface area contributed by atoms with Crippen molar-refractivity contribution in [2.45, 2.75) is 56.6 Å². The van der Waals surface area contributed by atoms with Crippen molar-refractivity contribution in [3.05, 3.63) is 76.4 Å². The summed E-state index contributed by atoms with van der Waals surface area (Å²) in [6.45, 7) is 3.54. The molecule has 1 aliphatic rings. The Morgan fingerprint density at radius 3 is 2.73 bits per heavy atom. The van der Waals surface area contributed by atoms with Gasteiger partial charge in [-0.05, 0) is 77.5 Å². The predicted octanol–water partition coefficient (Wildman–Crippen LogP) is 5.62. The fourth-order valence-electron chi connectivity index (χ4n) is 5.59. The van der Waals surface area contributed by atoms with Crippen LogP contribution in [0.2, 0.25) is 10.0 Å². The Balaban J connectivity index is 1.33. The lowest BCUT2D eigenvalue weighted by atomic mass is 10.1. The summed E-state index contributed by atoms with van der Waals surface area (Å²) in [4.78, 5) is 23.9. The first-order valence-corrected chi connectivity index (χ1v) is 17.2. The van der Waals surface area contributed by atoms with Crippen molar-refractivity contribution in [3.63, 3.8) is 0 Å². The number of nitrogens with zero attached hydrogens (tertiary/aromatic N) is 5. The molecule has 1 aliphatic heterocycles. The number of rotatable bonds is 13. The molecule has 0 radical (unpaired) electrons. The smallest absolute Gasteiger partial charge is 0.245 e. The van der Waals surface area contributed by atoms with Gasteiger partial charge in [-0.25, -0.2) is 18.4 Å². The van der Waals surface area contributed by atoms with Gasteiger partial charge in [0.05, 0.1) is 17.0 Å². The zero-order chi connectivity index (χ0) is 32.1. The first-order valence-electron chi connectivity index (χ1n) is 15.0. The second-order valence-corrected chi connectivity index (χ2v) is 14.1. The molecular formula is C32H38Cl2N6O4S. The number of aryl methyl sites for hydroxylation is 1. The number of aromatic nitrogens is 3. The van der Waals surface area contributed by atoms with Gasteiger partial charge in [-0.1, -0.05) is 41.8 Å². The highest BCUT2D eigenvalue weighted by Crippen LogP contribution is 2.37. The Morgan fingerprint density at radius 1 is 1.16 bits per heavy atom. The summed E-state index contributed by atoms with van der Waals surface area (Å²) in [5.74, 6) is 0.210. The van der Waals surface area contributed by atoms with Gasteiger partial charge >= 0.3 is 0 Å². The van der Waals surface area contributed by atoms with Gasteiger partial charge in [-0.15, -0.1) is 0 Å². The van der Waals surface area contributed by atoms with Crippen LogP contribution in [0.25, 0.3) is 16.6 Å². The molecule has 1 fully saturated rings. The lowest BCUT2D eigenvalue weighted by Gasteiger charge is -2.24. The van der Waals surface area contributed by atoms with Crippen LogP contribution < -0.4 is 10.1 Å². The van der Waals surface area contributed by atoms with Crippen LogP contribution in [0, 0.1) is 6.92 Å². The number of pyridine rings is 1. The number of para-hydroxylation sites is 1. The number of benzene rings is 2. The third-order valence-electron chi connectivity index (χ3n) is 7.89. The number of imidazole rings is 1. The van der Waals surface area contributed by atoms with Gasteiger partial charge in [0.2, 0.25) is 15.9 Å². The molecule has 240 valence electrons. The molecule has 0 bridgehead atoms. The van der Waals surface area contributed by atoms with E-state index in [2.05, 4.69) is 15.2 Å². The van der Waals surface area contributed by atoms with E-state index in [4.69, 9.17) is 32.9 Å². The third kappa shape index (κ3) is 7.44. The predicted molar refractivity (Wildman–Crippen MR) is 177 cm³/mol. The van der Waals surface area contributed by atoms with Crippen LogP contribution in [0.1, 0.15) is 43.4 Å². The Morgan fingerprint density at radius 2 is 1.98 bits per heavy atom. The number of fused-ring (bicyclic) bond motifs is 1. The topological polar surface area (TPSA) is 110 Å².